The van der Waals surface area contributed by atoms with Gasteiger partial charge in [0, 0.05) is 17.3 Å². The molecule has 3 aromatic rings. The number of fused-ring (bicyclic) bond motifs is 1. The third-order valence-corrected chi connectivity index (χ3v) is 4.68. The van der Waals surface area contributed by atoms with Crippen molar-refractivity contribution >= 4 is 48.5 Å². The van der Waals surface area contributed by atoms with Crippen molar-refractivity contribution in [2.24, 2.45) is 5.14 Å². The molecule has 9 heteroatoms. The zero-order chi connectivity index (χ0) is 16.6. The van der Waals surface area contributed by atoms with Gasteiger partial charge in [-0.1, -0.05) is 0 Å². The van der Waals surface area contributed by atoms with E-state index in [-0.39, 0.29) is 16.6 Å². The zero-order valence-electron chi connectivity index (χ0n) is 11.6. The van der Waals surface area contributed by atoms with Crippen LogP contribution in [0.3, 0.4) is 0 Å². The van der Waals surface area contributed by atoms with E-state index in [1.807, 2.05) is 0 Å². The van der Waals surface area contributed by atoms with Gasteiger partial charge < -0.3 is 10.4 Å². The Bertz CT molecular complexity index is 991. The average molecular weight is 395 g/mol. The van der Waals surface area contributed by atoms with Gasteiger partial charge in [0.1, 0.15) is 5.52 Å². The van der Waals surface area contributed by atoms with Crippen molar-refractivity contribution in [3.8, 4) is 5.75 Å². The second kappa shape index (κ2) is 5.76. The van der Waals surface area contributed by atoms with Crippen molar-refractivity contribution in [2.75, 3.05) is 5.32 Å². The summed E-state index contributed by atoms with van der Waals surface area (Å²) in [6.07, 6.45) is 1.58. The molecular weight excluding hydrogens is 384 g/mol. The van der Waals surface area contributed by atoms with E-state index in [9.17, 15) is 13.5 Å². The molecule has 0 aliphatic carbocycles. The van der Waals surface area contributed by atoms with Crippen LogP contribution in [0.2, 0.25) is 0 Å². The van der Waals surface area contributed by atoms with Gasteiger partial charge in [-0.2, -0.15) is 0 Å². The van der Waals surface area contributed by atoms with E-state index in [1.165, 1.54) is 12.1 Å². The summed E-state index contributed by atoms with van der Waals surface area (Å²) in [5.41, 5.74) is 0.990. The third kappa shape index (κ3) is 3.26. The number of phenols is 1. The Morgan fingerprint density at radius 3 is 2.48 bits per heavy atom. The minimum Gasteiger partial charge on any atom is -0.505 e. The molecule has 118 valence electrons. The number of aromatic nitrogens is 2. The van der Waals surface area contributed by atoms with Crippen molar-refractivity contribution in [1.29, 1.82) is 0 Å². The maximum atomic E-state index is 11.2. The molecule has 4 N–H and O–H groups in total. The molecule has 1 aromatic heterocycles. The summed E-state index contributed by atoms with van der Waals surface area (Å²) < 4.78 is 23.0. The Labute approximate surface area is 140 Å². The van der Waals surface area contributed by atoms with Crippen LogP contribution in [0.5, 0.6) is 5.75 Å². The van der Waals surface area contributed by atoms with E-state index in [2.05, 4.69) is 31.2 Å². The first-order chi connectivity index (χ1) is 10.8. The molecule has 0 unspecified atom stereocenters. The smallest absolute Gasteiger partial charge is 0.238 e. The van der Waals surface area contributed by atoms with E-state index in [1.54, 1.807) is 30.5 Å². The lowest BCUT2D eigenvalue weighted by atomic mass is 10.2. The van der Waals surface area contributed by atoms with Crippen molar-refractivity contribution in [3.63, 3.8) is 0 Å². The number of hydrogen-bond acceptors (Lipinski definition) is 6. The topological polar surface area (TPSA) is 118 Å². The zero-order valence-corrected chi connectivity index (χ0v) is 14.0. The lowest BCUT2D eigenvalue weighted by Crippen LogP contribution is -2.11. The molecule has 3 rings (SSSR count). The van der Waals surface area contributed by atoms with E-state index in [0.717, 1.165) is 0 Å². The van der Waals surface area contributed by atoms with Gasteiger partial charge in [-0.05, 0) is 52.3 Å². The maximum absolute atomic E-state index is 11.2. The highest BCUT2D eigenvalue weighted by Gasteiger charge is 2.09. The van der Waals surface area contributed by atoms with Crippen LogP contribution in [0, 0.1) is 0 Å². The molecule has 7 nitrogen and oxygen atoms in total. The number of nitrogens with one attached hydrogen (secondary N) is 1. The first-order valence-corrected chi connectivity index (χ1v) is 8.72. The largest absolute Gasteiger partial charge is 0.505 e. The van der Waals surface area contributed by atoms with Gasteiger partial charge in [0.05, 0.1) is 9.37 Å². The number of primary sulfonamides is 1. The minimum absolute atomic E-state index is 0.0176. The van der Waals surface area contributed by atoms with E-state index < -0.39 is 10.0 Å². The molecule has 0 spiro atoms. The molecule has 0 radical (unpaired) electrons. The number of nitrogens with two attached hydrogens (primary N) is 1. The van der Waals surface area contributed by atoms with Gasteiger partial charge in [-0.25, -0.2) is 23.5 Å². The number of nitrogens with zero attached hydrogens (tertiary/aromatic N) is 2. The predicted molar refractivity (Wildman–Crippen MR) is 90.0 cm³/mol. The van der Waals surface area contributed by atoms with Crippen LogP contribution in [0.1, 0.15) is 0 Å². The fraction of sp³-hybridized carbons (Fsp3) is 0. The third-order valence-electron chi connectivity index (χ3n) is 3.12. The number of aromatic hydroxyl groups is 1. The summed E-state index contributed by atoms with van der Waals surface area (Å²) in [5, 5.41) is 18.7. The van der Waals surface area contributed by atoms with Crippen molar-refractivity contribution < 1.29 is 13.5 Å². The highest BCUT2D eigenvalue weighted by molar-refractivity contribution is 9.10. The quantitative estimate of drug-likeness (QED) is 0.627. The van der Waals surface area contributed by atoms with Crippen LogP contribution in [0.25, 0.3) is 10.9 Å². The lowest BCUT2D eigenvalue weighted by Gasteiger charge is -2.07. The van der Waals surface area contributed by atoms with Crippen LogP contribution in [0.15, 0.2) is 52.0 Å². The number of benzene rings is 2. The van der Waals surface area contributed by atoms with E-state index in [0.29, 0.717) is 21.1 Å². The van der Waals surface area contributed by atoms with Crippen molar-refractivity contribution in [3.05, 3.63) is 47.1 Å². The molecule has 0 atom stereocenters. The summed E-state index contributed by atoms with van der Waals surface area (Å²) in [6.45, 7) is 0. The highest BCUT2D eigenvalue weighted by atomic mass is 79.9. The number of hydrogen-bond donors (Lipinski definition) is 3. The Hall–Kier alpha value is -2.23. The number of sulfonamides is 1. The molecule has 1 heterocycles. The molecule has 2 aromatic carbocycles. The van der Waals surface area contributed by atoms with Crippen LogP contribution in [-0.2, 0) is 10.0 Å². The number of anilines is 2. The number of phenolic OH excluding ortho intramolecular Hbond substituents is 1. The fourth-order valence-corrected chi connectivity index (χ4v) is 2.81. The number of halogens is 1. The maximum Gasteiger partial charge on any atom is 0.238 e. The van der Waals surface area contributed by atoms with E-state index >= 15 is 0 Å². The monoisotopic (exact) mass is 394 g/mol. The van der Waals surface area contributed by atoms with Crippen LogP contribution in [0.4, 0.5) is 11.6 Å². The molecule has 0 saturated heterocycles. The van der Waals surface area contributed by atoms with Crippen molar-refractivity contribution in [2.45, 2.75) is 4.90 Å². The van der Waals surface area contributed by atoms with E-state index in [4.69, 9.17) is 5.14 Å². The molecule has 0 saturated carbocycles. The van der Waals surface area contributed by atoms with Crippen LogP contribution < -0.4 is 10.5 Å². The molecule has 0 aliphatic heterocycles. The summed E-state index contributed by atoms with van der Waals surface area (Å²) in [5.74, 6) is 0.298. The van der Waals surface area contributed by atoms with Crippen LogP contribution in [-0.4, -0.2) is 23.5 Å². The summed E-state index contributed by atoms with van der Waals surface area (Å²) in [4.78, 5) is 8.43. The van der Waals surface area contributed by atoms with Gasteiger partial charge in [-0.3, -0.25) is 0 Å². The molecule has 23 heavy (non-hydrogen) atoms. The normalized spacial score (nSPS) is 11.6. The van der Waals surface area contributed by atoms with Crippen molar-refractivity contribution in [1.82, 2.24) is 9.97 Å². The second-order valence-corrected chi connectivity index (χ2v) is 7.14. The van der Waals surface area contributed by atoms with Gasteiger partial charge in [-0.15, -0.1) is 0 Å². The summed E-state index contributed by atoms with van der Waals surface area (Å²) in [6, 6.07) is 9.35. The second-order valence-electron chi connectivity index (χ2n) is 4.72. The Morgan fingerprint density at radius 1 is 1.13 bits per heavy atom. The minimum atomic E-state index is -3.73. The van der Waals surface area contributed by atoms with Crippen LogP contribution >= 0.6 is 15.9 Å². The SMILES string of the molecule is NS(=O)(=O)c1ccc(Nc2ncc3ccc(Br)c(O)c3n2)cc1. The van der Waals surface area contributed by atoms with Gasteiger partial charge >= 0.3 is 0 Å². The summed E-state index contributed by atoms with van der Waals surface area (Å²) >= 11 is 3.23. The van der Waals surface area contributed by atoms with Gasteiger partial charge in [0.25, 0.3) is 0 Å². The summed E-state index contributed by atoms with van der Waals surface area (Å²) in [7, 11) is -3.73. The first kappa shape index (κ1) is 15.7. The Balaban J connectivity index is 1.94. The fourth-order valence-electron chi connectivity index (χ4n) is 1.98. The Morgan fingerprint density at radius 2 is 1.83 bits per heavy atom. The molecule has 0 bridgehead atoms. The van der Waals surface area contributed by atoms with Gasteiger partial charge in [0.15, 0.2) is 5.75 Å². The first-order valence-electron chi connectivity index (χ1n) is 6.39. The standard InChI is InChI=1S/C14H11BrN4O3S/c15-11-6-1-8-7-17-14(19-12(8)13(11)20)18-9-2-4-10(5-3-9)23(16,21)22/h1-7,20H,(H2,16,21,22)(H,17,18,19). The molecule has 0 aliphatic rings. The molecular formula is C14H11BrN4O3S. The predicted octanol–water partition coefficient (Wildman–Crippen LogP) is 2.49. The highest BCUT2D eigenvalue weighted by Crippen LogP contribution is 2.31. The average Bonchev–Trinajstić information content (AvgIpc) is 2.51. The lowest BCUT2D eigenvalue weighted by molar-refractivity contribution is 0.477. The molecule has 0 fully saturated rings. The Kier molecular flexibility index (Phi) is 3.92. The van der Waals surface area contributed by atoms with Gasteiger partial charge in [0.2, 0.25) is 16.0 Å². The number of rotatable bonds is 3. The molecule has 0 amide bonds.